The van der Waals surface area contributed by atoms with Gasteiger partial charge in [0.15, 0.2) is 13.5 Å². The van der Waals surface area contributed by atoms with Crippen LogP contribution in [0.4, 0.5) is 5.82 Å². The van der Waals surface area contributed by atoms with Crippen molar-refractivity contribution in [1.29, 1.82) is 0 Å². The third-order valence-corrected chi connectivity index (χ3v) is 6.14. The Bertz CT molecular complexity index is 1190. The molecule has 0 aliphatic carbocycles. The number of hydrogen-bond acceptors (Lipinski definition) is 7. The number of H-pyrrole nitrogens is 1. The van der Waals surface area contributed by atoms with Gasteiger partial charge in [0, 0.05) is 35.8 Å². The fourth-order valence-corrected chi connectivity index (χ4v) is 4.22. The number of nitrogens with one attached hydrogen (secondary N) is 2. The molecule has 1 fully saturated rings. The van der Waals surface area contributed by atoms with E-state index in [0.717, 1.165) is 11.0 Å². The molecular weight excluding hydrogens is 455 g/mol. The van der Waals surface area contributed by atoms with Crippen molar-refractivity contribution in [3.05, 3.63) is 41.2 Å². The van der Waals surface area contributed by atoms with Crippen molar-refractivity contribution < 1.29 is 9.59 Å². The highest BCUT2D eigenvalue weighted by atomic mass is 35.5. The van der Waals surface area contributed by atoms with E-state index in [4.69, 9.17) is 17.3 Å². The molecule has 1 atom stereocenters. The molecule has 0 radical (unpaired) electrons. The highest BCUT2D eigenvalue weighted by molar-refractivity contribution is 6.38. The zero-order valence-electron chi connectivity index (χ0n) is 19.5. The molecule has 2 aromatic heterocycles. The zero-order valence-corrected chi connectivity index (χ0v) is 20.3. The van der Waals surface area contributed by atoms with E-state index < -0.39 is 11.6 Å². The van der Waals surface area contributed by atoms with Crippen molar-refractivity contribution in [2.75, 3.05) is 31.1 Å². The van der Waals surface area contributed by atoms with Crippen LogP contribution in [0.25, 0.3) is 11.0 Å². The average molecular weight is 483 g/mol. The molecule has 1 aromatic carbocycles. The molecule has 4 N–H and O–H groups in total. The number of rotatable bonds is 7. The Labute approximate surface area is 203 Å². The van der Waals surface area contributed by atoms with Crippen LogP contribution < -0.4 is 21.5 Å². The number of aromatic nitrogens is 4. The van der Waals surface area contributed by atoms with Crippen LogP contribution in [-0.2, 0) is 9.59 Å². The van der Waals surface area contributed by atoms with E-state index in [1.165, 1.54) is 6.33 Å². The Balaban J connectivity index is 1.56. The van der Waals surface area contributed by atoms with Crippen LogP contribution in [0.15, 0.2) is 30.6 Å². The van der Waals surface area contributed by atoms with Crippen LogP contribution in [-0.4, -0.2) is 76.4 Å². The number of amides is 2. The number of nitrogens with two attached hydrogens (primary N) is 1. The van der Waals surface area contributed by atoms with Crippen LogP contribution in [0.2, 0.25) is 5.02 Å². The molecule has 178 valence electrons. The minimum absolute atomic E-state index is 0.0872. The quantitative estimate of drug-likeness (QED) is 0.400. The SMILES string of the molecule is Bc1n[nH]c2ncnc(N3CCN(C(C(=O)NCCC(C)(C)N)c4ccc(Cl)cc4)C(=O)C3)c12. The lowest BCUT2D eigenvalue weighted by atomic mass is 10.0. The van der Waals surface area contributed by atoms with Gasteiger partial charge in [-0.05, 0) is 38.0 Å². The van der Waals surface area contributed by atoms with Gasteiger partial charge in [-0.15, -0.1) is 0 Å². The van der Waals surface area contributed by atoms with Crippen LogP contribution in [0.3, 0.4) is 0 Å². The van der Waals surface area contributed by atoms with Gasteiger partial charge in [-0.1, -0.05) is 23.7 Å². The minimum Gasteiger partial charge on any atom is -0.354 e. The van der Waals surface area contributed by atoms with Crippen molar-refractivity contribution in [3.8, 4) is 0 Å². The summed E-state index contributed by atoms with van der Waals surface area (Å²) >= 11 is 6.06. The van der Waals surface area contributed by atoms with E-state index in [1.807, 2.05) is 26.6 Å². The predicted molar refractivity (Wildman–Crippen MR) is 134 cm³/mol. The first-order chi connectivity index (χ1) is 16.1. The summed E-state index contributed by atoms with van der Waals surface area (Å²) in [6.07, 6.45) is 2.07. The molecule has 3 aromatic rings. The highest BCUT2D eigenvalue weighted by Gasteiger charge is 2.36. The number of nitrogens with zero attached hydrogens (tertiary/aromatic N) is 5. The molecular formula is C22H28BClN8O2. The van der Waals surface area contributed by atoms with E-state index >= 15 is 0 Å². The van der Waals surface area contributed by atoms with Crippen LogP contribution in [0.5, 0.6) is 0 Å². The Morgan fingerprint density at radius 2 is 2.03 bits per heavy atom. The number of anilines is 1. The molecule has 1 unspecified atom stereocenters. The van der Waals surface area contributed by atoms with Crippen molar-refractivity contribution in [2.24, 2.45) is 5.73 Å². The molecule has 4 rings (SSSR count). The summed E-state index contributed by atoms with van der Waals surface area (Å²) in [5.74, 6) is 0.235. The lowest BCUT2D eigenvalue weighted by molar-refractivity contribution is -0.141. The third-order valence-electron chi connectivity index (χ3n) is 5.89. The summed E-state index contributed by atoms with van der Waals surface area (Å²) in [7, 11) is 1.87. The maximum absolute atomic E-state index is 13.3. The lowest BCUT2D eigenvalue weighted by Gasteiger charge is -2.39. The average Bonchev–Trinajstić information content (AvgIpc) is 3.16. The van der Waals surface area contributed by atoms with Gasteiger partial charge in [-0.3, -0.25) is 14.7 Å². The molecule has 0 bridgehead atoms. The van der Waals surface area contributed by atoms with Crippen LogP contribution in [0.1, 0.15) is 31.9 Å². The minimum atomic E-state index is -0.770. The molecule has 1 aliphatic rings. The molecule has 1 saturated heterocycles. The molecule has 2 amide bonds. The second-order valence-electron chi connectivity index (χ2n) is 9.22. The summed E-state index contributed by atoms with van der Waals surface area (Å²) in [5.41, 5.74) is 7.74. The second-order valence-corrected chi connectivity index (χ2v) is 9.66. The van der Waals surface area contributed by atoms with Crippen molar-refractivity contribution in [2.45, 2.75) is 31.8 Å². The first kappa shape index (κ1) is 24.0. The fourth-order valence-electron chi connectivity index (χ4n) is 4.09. The third kappa shape index (κ3) is 5.15. The molecule has 1 aliphatic heterocycles. The number of hydrogen-bond donors (Lipinski definition) is 3. The summed E-state index contributed by atoms with van der Waals surface area (Å²) < 4.78 is 0. The largest absolute Gasteiger partial charge is 0.354 e. The van der Waals surface area contributed by atoms with E-state index in [1.54, 1.807) is 29.2 Å². The molecule has 0 saturated carbocycles. The Morgan fingerprint density at radius 1 is 1.29 bits per heavy atom. The fraction of sp³-hybridized carbons (Fsp3) is 0.409. The predicted octanol–water partition coefficient (Wildman–Crippen LogP) is -0.102. The van der Waals surface area contributed by atoms with Crippen molar-refractivity contribution in [1.82, 2.24) is 30.4 Å². The number of benzene rings is 1. The van der Waals surface area contributed by atoms with Crippen LogP contribution >= 0.6 is 11.6 Å². The lowest BCUT2D eigenvalue weighted by Crippen LogP contribution is -2.55. The van der Waals surface area contributed by atoms with E-state index in [-0.39, 0.29) is 18.4 Å². The number of carbonyl (C=O) groups is 2. The number of aromatic amines is 1. The monoisotopic (exact) mass is 482 g/mol. The molecule has 12 heteroatoms. The standard InChI is InChI=1S/C22H28BClN8O2/c1-22(2,25)7-8-26-21(34)17(13-3-5-14(24)6-4-13)32-10-9-31(11-15(32)33)20-16-18(23)29-30-19(16)27-12-28-20/h3-6,12,17H,7-11,23,25H2,1-2H3,(H,26,34)(H,27,28,29,30). The van der Waals surface area contributed by atoms with Crippen LogP contribution in [0, 0.1) is 0 Å². The van der Waals surface area contributed by atoms with E-state index in [0.29, 0.717) is 48.1 Å². The summed E-state index contributed by atoms with van der Waals surface area (Å²) in [4.78, 5) is 38.8. The summed E-state index contributed by atoms with van der Waals surface area (Å²) in [5, 5.41) is 11.4. The van der Waals surface area contributed by atoms with Gasteiger partial charge in [0.1, 0.15) is 18.2 Å². The Morgan fingerprint density at radius 3 is 2.71 bits per heavy atom. The maximum atomic E-state index is 13.3. The van der Waals surface area contributed by atoms with Gasteiger partial charge >= 0.3 is 0 Å². The van der Waals surface area contributed by atoms with E-state index in [9.17, 15) is 9.59 Å². The number of carbonyl (C=O) groups excluding carboxylic acids is 2. The van der Waals surface area contributed by atoms with Crippen molar-refractivity contribution in [3.63, 3.8) is 0 Å². The van der Waals surface area contributed by atoms with E-state index in [2.05, 4.69) is 25.5 Å². The number of piperazine rings is 1. The second kappa shape index (κ2) is 9.59. The van der Waals surface area contributed by atoms with Gasteiger partial charge in [-0.2, -0.15) is 5.10 Å². The molecule has 3 heterocycles. The first-order valence-electron chi connectivity index (χ1n) is 11.2. The first-order valence-corrected chi connectivity index (χ1v) is 11.5. The topological polar surface area (TPSA) is 133 Å². The van der Waals surface area contributed by atoms with Gasteiger partial charge in [0.2, 0.25) is 11.8 Å². The number of fused-ring (bicyclic) bond motifs is 1. The maximum Gasteiger partial charge on any atom is 0.247 e. The van der Waals surface area contributed by atoms with Gasteiger partial charge in [-0.25, -0.2) is 9.97 Å². The van der Waals surface area contributed by atoms with Gasteiger partial charge < -0.3 is 20.9 Å². The highest BCUT2D eigenvalue weighted by Crippen LogP contribution is 2.27. The van der Waals surface area contributed by atoms with Gasteiger partial charge in [0.05, 0.1) is 11.9 Å². The molecule has 0 spiro atoms. The van der Waals surface area contributed by atoms with Crippen molar-refractivity contribution >= 4 is 53.7 Å². The smallest absolute Gasteiger partial charge is 0.247 e. The molecule has 10 nitrogen and oxygen atoms in total. The molecule has 34 heavy (non-hydrogen) atoms. The Hall–Kier alpha value is -3.18. The van der Waals surface area contributed by atoms with Gasteiger partial charge in [0.25, 0.3) is 0 Å². The zero-order chi connectivity index (χ0) is 24.5. The Kier molecular flexibility index (Phi) is 6.76. The summed E-state index contributed by atoms with van der Waals surface area (Å²) in [6.45, 7) is 5.18. The summed E-state index contributed by atoms with van der Waals surface area (Å²) in [6, 6.07) is 6.23. The normalized spacial score (nSPS) is 15.6. The number of halogens is 1.